The van der Waals surface area contributed by atoms with E-state index in [0.717, 1.165) is 29.9 Å². The highest BCUT2D eigenvalue weighted by Crippen LogP contribution is 2.24. The number of rotatable bonds is 9. The molecule has 1 N–H and O–H groups in total. The van der Waals surface area contributed by atoms with Crippen molar-refractivity contribution in [1.29, 1.82) is 0 Å². The Labute approximate surface area is 234 Å². The van der Waals surface area contributed by atoms with E-state index in [0.29, 0.717) is 48.5 Å². The van der Waals surface area contributed by atoms with E-state index in [1.165, 1.54) is 6.07 Å². The monoisotopic (exact) mass is 564 g/mol. The number of hydrogen-bond acceptors (Lipinski definition) is 8. The number of anilines is 1. The molecule has 206 valence electrons. The third kappa shape index (κ3) is 5.56. The van der Waals surface area contributed by atoms with Crippen LogP contribution in [0, 0.1) is 5.82 Å². The Kier molecular flexibility index (Phi) is 7.23. The lowest BCUT2D eigenvalue weighted by Crippen LogP contribution is -2.38. The van der Waals surface area contributed by atoms with Gasteiger partial charge < -0.3 is 24.0 Å². The highest BCUT2D eigenvalue weighted by Gasteiger charge is 2.24. The van der Waals surface area contributed by atoms with Crippen LogP contribution >= 0.6 is 11.6 Å². The molecule has 4 heterocycles. The molecular weight excluding hydrogens is 539 g/mol. The van der Waals surface area contributed by atoms with Crippen LogP contribution in [0.3, 0.4) is 0 Å². The van der Waals surface area contributed by atoms with Gasteiger partial charge in [-0.1, -0.05) is 23.7 Å². The third-order valence-corrected chi connectivity index (χ3v) is 7.16. The van der Waals surface area contributed by atoms with Crippen LogP contribution in [-0.2, 0) is 24.4 Å². The largest absolute Gasteiger partial charge is 0.478 e. The van der Waals surface area contributed by atoms with E-state index in [1.54, 1.807) is 42.7 Å². The molecule has 2 aromatic carbocycles. The summed E-state index contributed by atoms with van der Waals surface area (Å²) in [4.78, 5) is 22.8. The van der Waals surface area contributed by atoms with Crippen LogP contribution in [0.25, 0.3) is 11.0 Å². The quantitative estimate of drug-likeness (QED) is 0.315. The number of pyridine rings is 1. The molecule has 1 atom stereocenters. The van der Waals surface area contributed by atoms with Crippen molar-refractivity contribution in [1.82, 2.24) is 19.5 Å². The number of carboxylic acids is 1. The fourth-order valence-corrected chi connectivity index (χ4v) is 4.79. The Bertz CT molecular complexity index is 1590. The van der Waals surface area contributed by atoms with Crippen LogP contribution in [0.5, 0.6) is 5.88 Å². The van der Waals surface area contributed by atoms with Gasteiger partial charge in [-0.15, -0.1) is 0 Å². The van der Waals surface area contributed by atoms with Crippen LogP contribution < -0.4 is 9.64 Å². The Hall–Kier alpha value is -4.22. The first-order valence-corrected chi connectivity index (χ1v) is 13.2. The molecule has 2 aromatic heterocycles. The second-order valence-electron chi connectivity index (χ2n) is 9.60. The molecule has 0 amide bonds. The summed E-state index contributed by atoms with van der Waals surface area (Å²) >= 11 is 5.82. The first-order valence-electron chi connectivity index (χ1n) is 12.9. The second-order valence-corrected chi connectivity index (χ2v) is 10.0. The van der Waals surface area contributed by atoms with Gasteiger partial charge in [-0.25, -0.2) is 14.2 Å². The summed E-state index contributed by atoms with van der Waals surface area (Å²) in [6.45, 7) is 3.07. The third-order valence-electron chi connectivity index (χ3n) is 6.92. The normalized spacial score (nSPS) is 16.8. The number of benzene rings is 2. The molecule has 0 radical (unpaired) electrons. The van der Waals surface area contributed by atoms with Gasteiger partial charge in [0.1, 0.15) is 30.4 Å². The minimum absolute atomic E-state index is 0.0299. The molecule has 0 spiro atoms. The molecule has 1 unspecified atom stereocenters. The van der Waals surface area contributed by atoms with E-state index < -0.39 is 11.8 Å². The number of hydrazone groups is 1. The van der Waals surface area contributed by atoms with E-state index in [1.807, 2.05) is 26.6 Å². The van der Waals surface area contributed by atoms with Crippen molar-refractivity contribution in [2.75, 3.05) is 24.6 Å². The molecule has 4 aromatic rings. The zero-order valence-electron chi connectivity index (χ0n) is 21.4. The fourth-order valence-electron chi connectivity index (χ4n) is 4.63. The summed E-state index contributed by atoms with van der Waals surface area (Å²) in [5, 5.41) is 16.3. The number of imidazole rings is 1. The molecule has 1 saturated heterocycles. The maximum atomic E-state index is 14.1. The molecule has 2 aliphatic heterocycles. The zero-order chi connectivity index (χ0) is 27.6. The Morgan fingerprint density at radius 1 is 1.15 bits per heavy atom. The summed E-state index contributed by atoms with van der Waals surface area (Å²) < 4.78 is 27.5. The van der Waals surface area contributed by atoms with Gasteiger partial charge >= 0.3 is 5.97 Å². The first kappa shape index (κ1) is 26.0. The molecule has 2 aliphatic rings. The van der Waals surface area contributed by atoms with Crippen LogP contribution in [0.15, 0.2) is 59.7 Å². The smallest absolute Gasteiger partial charge is 0.335 e. The number of ether oxygens (including phenoxy) is 2. The number of nitrogens with zero attached hydrogens (tertiary/aromatic N) is 6. The van der Waals surface area contributed by atoms with Gasteiger partial charge in [0.2, 0.25) is 5.88 Å². The van der Waals surface area contributed by atoms with Gasteiger partial charge in [-0.05, 0) is 42.8 Å². The summed E-state index contributed by atoms with van der Waals surface area (Å²) in [5.41, 5.74) is 2.12. The van der Waals surface area contributed by atoms with E-state index in [4.69, 9.17) is 26.1 Å². The van der Waals surface area contributed by atoms with Crippen molar-refractivity contribution in [2.24, 2.45) is 5.10 Å². The van der Waals surface area contributed by atoms with Gasteiger partial charge in [-0.3, -0.25) is 5.01 Å². The van der Waals surface area contributed by atoms with Crippen molar-refractivity contribution < 1.29 is 23.8 Å². The Morgan fingerprint density at radius 2 is 2.02 bits per heavy atom. The SMILES string of the molecule is O=C(O)c1ccc2nc(CN3CCN(c4cccc(OCc5ccc(Cl)cc5F)n4)C=N3)n(CC3CCO3)c2c1. The first-order chi connectivity index (χ1) is 19.4. The molecular formula is C28H26ClFN6O4. The van der Waals surface area contributed by atoms with E-state index in [2.05, 4.69) is 10.1 Å². The average molecular weight is 565 g/mol. The number of aromatic nitrogens is 3. The maximum Gasteiger partial charge on any atom is 0.335 e. The molecule has 0 saturated carbocycles. The van der Waals surface area contributed by atoms with E-state index >= 15 is 0 Å². The lowest BCUT2D eigenvalue weighted by molar-refractivity contribution is -0.0592. The number of fused-ring (bicyclic) bond motifs is 1. The van der Waals surface area contributed by atoms with Gasteiger partial charge in [0.25, 0.3) is 0 Å². The molecule has 6 rings (SSSR count). The summed E-state index contributed by atoms with van der Waals surface area (Å²) in [7, 11) is 0. The standard InChI is InChI=1S/C28H26ClFN6O4/c29-20-6-4-19(22(30)13-20)16-40-27-3-1-2-25(33-27)34-9-10-35(31-17-34)15-26-32-23-7-5-18(28(37)38)12-24(23)36(26)14-21-8-11-39-21/h1-7,12-13,17,21H,8-11,14-16H2,(H,37,38). The molecule has 12 heteroatoms. The van der Waals surface area contributed by atoms with Crippen molar-refractivity contribution in [3.63, 3.8) is 0 Å². The van der Waals surface area contributed by atoms with Crippen molar-refractivity contribution in [3.8, 4) is 5.88 Å². The molecule has 40 heavy (non-hydrogen) atoms. The van der Waals surface area contributed by atoms with Crippen LogP contribution in [-0.4, -0.2) is 62.8 Å². The predicted octanol–water partition coefficient (Wildman–Crippen LogP) is 4.56. The van der Waals surface area contributed by atoms with Gasteiger partial charge in [0.05, 0.1) is 42.3 Å². The Balaban J connectivity index is 1.15. The van der Waals surface area contributed by atoms with E-state index in [9.17, 15) is 14.3 Å². The molecule has 1 fully saturated rings. The van der Waals surface area contributed by atoms with Gasteiger partial charge in [0, 0.05) is 29.8 Å². The number of carbonyl (C=O) groups is 1. The minimum Gasteiger partial charge on any atom is -0.478 e. The summed E-state index contributed by atoms with van der Waals surface area (Å²) in [6, 6.07) is 14.8. The lowest BCUT2D eigenvalue weighted by atomic mass is 10.1. The summed E-state index contributed by atoms with van der Waals surface area (Å²) in [6.07, 6.45) is 2.75. The minimum atomic E-state index is -0.975. The highest BCUT2D eigenvalue weighted by atomic mass is 35.5. The number of carboxylic acid groups (broad SMARTS) is 1. The number of aromatic carboxylic acids is 1. The average Bonchev–Trinajstić information content (AvgIpc) is 3.26. The molecule has 0 aliphatic carbocycles. The topological polar surface area (TPSA) is 105 Å². The zero-order valence-corrected chi connectivity index (χ0v) is 22.2. The summed E-state index contributed by atoms with van der Waals surface area (Å²) in [5.74, 6) is 0.421. The number of halogens is 2. The van der Waals surface area contributed by atoms with Crippen LogP contribution in [0.4, 0.5) is 10.2 Å². The second kappa shape index (κ2) is 11.1. The van der Waals surface area contributed by atoms with Gasteiger partial charge in [-0.2, -0.15) is 10.1 Å². The van der Waals surface area contributed by atoms with Crippen molar-refractivity contribution in [3.05, 3.63) is 82.4 Å². The molecule has 0 bridgehead atoms. The van der Waals surface area contributed by atoms with Crippen molar-refractivity contribution >= 4 is 40.8 Å². The van der Waals surface area contributed by atoms with Crippen molar-refractivity contribution in [2.45, 2.75) is 32.2 Å². The van der Waals surface area contributed by atoms with Crippen LogP contribution in [0.2, 0.25) is 5.02 Å². The van der Waals surface area contributed by atoms with E-state index in [-0.39, 0.29) is 18.3 Å². The fraction of sp³-hybridized carbons (Fsp3) is 0.286. The number of hydrogen-bond donors (Lipinski definition) is 1. The highest BCUT2D eigenvalue weighted by molar-refractivity contribution is 6.30. The molecule has 10 nitrogen and oxygen atoms in total. The lowest BCUT2D eigenvalue weighted by Gasteiger charge is -2.30. The van der Waals surface area contributed by atoms with Crippen LogP contribution in [0.1, 0.15) is 28.2 Å². The predicted molar refractivity (Wildman–Crippen MR) is 147 cm³/mol. The van der Waals surface area contributed by atoms with Gasteiger partial charge in [0.15, 0.2) is 0 Å². The maximum absolute atomic E-state index is 14.1. The Morgan fingerprint density at radius 3 is 2.75 bits per heavy atom.